The number of thioether (sulfide) groups is 1. The second-order valence-corrected chi connectivity index (χ2v) is 6.24. The van der Waals surface area contributed by atoms with E-state index in [4.69, 9.17) is 11.6 Å². The molecular weight excluding hydrogens is 302 g/mol. The summed E-state index contributed by atoms with van der Waals surface area (Å²) in [5.41, 5.74) is 2.29. The van der Waals surface area contributed by atoms with Crippen molar-refractivity contribution in [3.8, 4) is 0 Å². The van der Waals surface area contributed by atoms with Crippen molar-refractivity contribution in [1.29, 1.82) is 0 Å². The summed E-state index contributed by atoms with van der Waals surface area (Å²) in [6, 6.07) is 17.7. The lowest BCUT2D eigenvalue weighted by Gasteiger charge is -2.14. The molecule has 0 aromatic heterocycles. The van der Waals surface area contributed by atoms with Crippen molar-refractivity contribution < 1.29 is 4.79 Å². The second-order valence-electron chi connectivity index (χ2n) is 4.82. The van der Waals surface area contributed by atoms with Crippen LogP contribution in [0.2, 0.25) is 5.02 Å². The van der Waals surface area contributed by atoms with Crippen LogP contribution in [0.5, 0.6) is 0 Å². The molecule has 2 aromatic rings. The first-order chi connectivity index (χ1) is 10.1. The van der Waals surface area contributed by atoms with Crippen molar-refractivity contribution >= 4 is 29.3 Å². The van der Waals surface area contributed by atoms with Gasteiger partial charge in [0.2, 0.25) is 5.91 Å². The van der Waals surface area contributed by atoms with Crippen molar-refractivity contribution in [2.24, 2.45) is 0 Å². The molecule has 2 rings (SSSR count). The highest BCUT2D eigenvalue weighted by atomic mass is 35.5. The Balaban J connectivity index is 1.73. The smallest absolute Gasteiger partial charge is 0.230 e. The van der Waals surface area contributed by atoms with Gasteiger partial charge >= 0.3 is 0 Å². The molecule has 110 valence electrons. The summed E-state index contributed by atoms with van der Waals surface area (Å²) in [5, 5.41) is 3.75. The number of nitrogens with one attached hydrogen (secondary N) is 1. The second kappa shape index (κ2) is 8.11. The summed E-state index contributed by atoms with van der Waals surface area (Å²) in [7, 11) is 0. The molecule has 1 amide bonds. The number of hydrogen-bond acceptors (Lipinski definition) is 2. The highest BCUT2D eigenvalue weighted by molar-refractivity contribution is 7.99. The van der Waals surface area contributed by atoms with E-state index in [1.165, 1.54) is 5.56 Å². The first-order valence-corrected chi connectivity index (χ1v) is 8.35. The largest absolute Gasteiger partial charge is 0.349 e. The zero-order valence-electron chi connectivity index (χ0n) is 11.9. The van der Waals surface area contributed by atoms with Gasteiger partial charge in [-0.2, -0.15) is 0 Å². The molecule has 0 fully saturated rings. The number of rotatable bonds is 6. The van der Waals surface area contributed by atoms with Crippen LogP contribution >= 0.6 is 23.4 Å². The molecule has 0 radical (unpaired) electrons. The van der Waals surface area contributed by atoms with Crippen LogP contribution in [0.4, 0.5) is 0 Å². The van der Waals surface area contributed by atoms with E-state index in [1.807, 2.05) is 61.5 Å². The maximum Gasteiger partial charge on any atom is 0.230 e. The van der Waals surface area contributed by atoms with Gasteiger partial charge in [-0.15, -0.1) is 11.8 Å². The van der Waals surface area contributed by atoms with E-state index in [0.29, 0.717) is 5.75 Å². The van der Waals surface area contributed by atoms with E-state index < -0.39 is 0 Å². The number of carbonyl (C=O) groups is 1. The van der Waals surface area contributed by atoms with Crippen LogP contribution in [0.15, 0.2) is 54.6 Å². The fourth-order valence-corrected chi connectivity index (χ4v) is 2.88. The van der Waals surface area contributed by atoms with Gasteiger partial charge in [0, 0.05) is 10.8 Å². The Kier molecular flexibility index (Phi) is 6.15. The molecule has 0 aliphatic heterocycles. The molecule has 0 unspecified atom stereocenters. The van der Waals surface area contributed by atoms with Crippen LogP contribution in [0, 0.1) is 0 Å². The third-order valence-corrected chi connectivity index (χ3v) is 4.35. The molecule has 2 nitrogen and oxygen atoms in total. The van der Waals surface area contributed by atoms with E-state index in [2.05, 4.69) is 5.32 Å². The van der Waals surface area contributed by atoms with Crippen LogP contribution in [0.1, 0.15) is 24.1 Å². The summed E-state index contributed by atoms with van der Waals surface area (Å²) in [6.45, 7) is 2.00. The molecule has 0 bridgehead atoms. The van der Waals surface area contributed by atoms with Gasteiger partial charge in [-0.05, 0) is 30.2 Å². The Morgan fingerprint density at radius 1 is 1.14 bits per heavy atom. The molecule has 21 heavy (non-hydrogen) atoms. The van der Waals surface area contributed by atoms with E-state index in [1.54, 1.807) is 11.8 Å². The van der Waals surface area contributed by atoms with Crippen molar-refractivity contribution in [2.75, 3.05) is 5.75 Å². The van der Waals surface area contributed by atoms with Gasteiger partial charge in [0.15, 0.2) is 0 Å². The molecule has 1 N–H and O–H groups in total. The molecule has 0 heterocycles. The van der Waals surface area contributed by atoms with Crippen LogP contribution < -0.4 is 5.32 Å². The monoisotopic (exact) mass is 319 g/mol. The Hall–Kier alpha value is -1.45. The average molecular weight is 320 g/mol. The first kappa shape index (κ1) is 15.9. The topological polar surface area (TPSA) is 29.1 Å². The van der Waals surface area contributed by atoms with Crippen LogP contribution in [0.3, 0.4) is 0 Å². The molecule has 2 aromatic carbocycles. The van der Waals surface area contributed by atoms with Crippen molar-refractivity contribution in [2.45, 2.75) is 18.7 Å². The lowest BCUT2D eigenvalue weighted by atomic mass is 10.1. The maximum atomic E-state index is 11.9. The zero-order valence-corrected chi connectivity index (χ0v) is 13.5. The number of hydrogen-bond donors (Lipinski definition) is 1. The molecule has 0 saturated carbocycles. The van der Waals surface area contributed by atoms with Gasteiger partial charge in [-0.1, -0.05) is 54.1 Å². The van der Waals surface area contributed by atoms with Gasteiger partial charge in [-0.3, -0.25) is 4.79 Å². The third-order valence-electron chi connectivity index (χ3n) is 3.09. The fraction of sp³-hybridized carbons (Fsp3) is 0.235. The average Bonchev–Trinajstić information content (AvgIpc) is 2.50. The van der Waals surface area contributed by atoms with E-state index in [9.17, 15) is 4.79 Å². The number of halogens is 1. The SMILES string of the molecule is C[C@@H](NC(=O)CSCc1ccc(Cl)cc1)c1ccccc1. The lowest BCUT2D eigenvalue weighted by Crippen LogP contribution is -2.28. The Labute approximate surface area is 134 Å². The molecule has 1 atom stereocenters. The fourth-order valence-electron chi connectivity index (χ4n) is 1.95. The van der Waals surface area contributed by atoms with Crippen molar-refractivity contribution in [3.63, 3.8) is 0 Å². The standard InChI is InChI=1S/C17H18ClNOS/c1-13(15-5-3-2-4-6-15)19-17(20)12-21-11-14-7-9-16(18)10-8-14/h2-10,13H,11-12H2,1H3,(H,19,20)/t13-/m1/s1. The molecular formula is C17H18ClNOS. The van der Waals surface area contributed by atoms with Crippen LogP contribution in [-0.2, 0) is 10.5 Å². The Morgan fingerprint density at radius 3 is 2.48 bits per heavy atom. The minimum atomic E-state index is 0.0369. The number of benzene rings is 2. The minimum Gasteiger partial charge on any atom is -0.349 e. The molecule has 4 heteroatoms. The van der Waals surface area contributed by atoms with Gasteiger partial charge < -0.3 is 5.32 Å². The van der Waals surface area contributed by atoms with E-state index in [0.717, 1.165) is 16.3 Å². The quantitative estimate of drug-likeness (QED) is 0.852. The highest BCUT2D eigenvalue weighted by Gasteiger charge is 2.09. The summed E-state index contributed by atoms with van der Waals surface area (Å²) >= 11 is 7.44. The van der Waals surface area contributed by atoms with Gasteiger partial charge in [-0.25, -0.2) is 0 Å². The molecule has 0 saturated heterocycles. The van der Waals surface area contributed by atoms with Crippen LogP contribution in [-0.4, -0.2) is 11.7 Å². The predicted octanol–water partition coefficient (Wildman–Crippen LogP) is 4.45. The van der Waals surface area contributed by atoms with Gasteiger partial charge in [0.05, 0.1) is 11.8 Å². The normalized spacial score (nSPS) is 11.9. The van der Waals surface area contributed by atoms with Crippen molar-refractivity contribution in [1.82, 2.24) is 5.32 Å². The maximum absolute atomic E-state index is 11.9. The Morgan fingerprint density at radius 2 is 1.81 bits per heavy atom. The zero-order chi connectivity index (χ0) is 15.1. The molecule has 0 aliphatic carbocycles. The summed E-state index contributed by atoms with van der Waals surface area (Å²) in [4.78, 5) is 11.9. The number of amides is 1. The summed E-state index contributed by atoms with van der Waals surface area (Å²) in [5.74, 6) is 1.33. The third kappa shape index (κ3) is 5.44. The Bertz CT molecular complexity index is 571. The molecule has 0 spiro atoms. The molecule has 0 aliphatic rings. The first-order valence-electron chi connectivity index (χ1n) is 6.81. The van der Waals surface area contributed by atoms with Gasteiger partial charge in [0.25, 0.3) is 0 Å². The lowest BCUT2D eigenvalue weighted by molar-refractivity contribution is -0.119. The van der Waals surface area contributed by atoms with Crippen LogP contribution in [0.25, 0.3) is 0 Å². The van der Waals surface area contributed by atoms with E-state index >= 15 is 0 Å². The van der Waals surface area contributed by atoms with E-state index in [-0.39, 0.29) is 11.9 Å². The summed E-state index contributed by atoms with van der Waals surface area (Å²) in [6.07, 6.45) is 0. The van der Waals surface area contributed by atoms with Gasteiger partial charge in [0.1, 0.15) is 0 Å². The highest BCUT2D eigenvalue weighted by Crippen LogP contribution is 2.16. The number of carbonyl (C=O) groups excluding carboxylic acids is 1. The van der Waals surface area contributed by atoms with Crippen molar-refractivity contribution in [3.05, 3.63) is 70.7 Å². The minimum absolute atomic E-state index is 0.0369. The predicted molar refractivity (Wildman–Crippen MR) is 90.6 cm³/mol. The summed E-state index contributed by atoms with van der Waals surface area (Å²) < 4.78 is 0.